The van der Waals surface area contributed by atoms with Crippen LogP contribution in [-0.4, -0.2) is 28.1 Å². The minimum absolute atomic E-state index is 0. The van der Waals surface area contributed by atoms with Crippen molar-refractivity contribution in [2.24, 2.45) is 11.7 Å². The zero-order chi connectivity index (χ0) is 16.3. The van der Waals surface area contributed by atoms with Crippen LogP contribution in [0, 0.1) is 19.8 Å². The Kier molecular flexibility index (Phi) is 7.32. The molecule has 0 heterocycles. The van der Waals surface area contributed by atoms with Gasteiger partial charge in [-0.3, -0.25) is 0 Å². The van der Waals surface area contributed by atoms with Crippen LogP contribution >= 0.6 is 12.4 Å². The Labute approximate surface area is 145 Å². The Balaban J connectivity index is 0.00000264. The highest BCUT2D eigenvalue weighted by Gasteiger charge is 2.29. The Morgan fingerprint density at radius 3 is 2.30 bits per heavy atom. The van der Waals surface area contributed by atoms with E-state index in [1.54, 1.807) is 19.2 Å². The smallest absolute Gasteiger partial charge is 0.240 e. The molecule has 0 radical (unpaired) electrons. The summed E-state index contributed by atoms with van der Waals surface area (Å²) in [5, 5.41) is 0. The van der Waals surface area contributed by atoms with Crippen molar-refractivity contribution in [1.82, 2.24) is 4.72 Å². The van der Waals surface area contributed by atoms with E-state index in [0.29, 0.717) is 11.4 Å². The summed E-state index contributed by atoms with van der Waals surface area (Å²) in [6, 6.07) is 3.26. The van der Waals surface area contributed by atoms with Gasteiger partial charge in [0.25, 0.3) is 0 Å². The van der Waals surface area contributed by atoms with Crippen molar-refractivity contribution in [1.29, 1.82) is 0 Å². The quantitative estimate of drug-likeness (QED) is 0.843. The van der Waals surface area contributed by atoms with Gasteiger partial charge < -0.3 is 10.5 Å². The van der Waals surface area contributed by atoms with E-state index in [9.17, 15) is 8.42 Å². The average molecular weight is 363 g/mol. The summed E-state index contributed by atoms with van der Waals surface area (Å²) in [5.41, 5.74) is 7.43. The van der Waals surface area contributed by atoms with Gasteiger partial charge in [0.1, 0.15) is 5.75 Å². The predicted molar refractivity (Wildman–Crippen MR) is 94.8 cm³/mol. The molecule has 3 N–H and O–H groups in total. The zero-order valence-electron chi connectivity index (χ0n) is 14.0. The maximum Gasteiger partial charge on any atom is 0.240 e. The number of ether oxygens (including phenoxy) is 1. The second-order valence-corrected chi connectivity index (χ2v) is 7.81. The molecular weight excluding hydrogens is 336 g/mol. The number of rotatable bonds is 5. The first-order valence-electron chi connectivity index (χ1n) is 7.76. The molecule has 23 heavy (non-hydrogen) atoms. The first-order valence-corrected chi connectivity index (χ1v) is 9.25. The van der Waals surface area contributed by atoms with Crippen molar-refractivity contribution in [3.05, 3.63) is 23.3 Å². The molecule has 2 atom stereocenters. The van der Waals surface area contributed by atoms with Crippen molar-refractivity contribution in [2.75, 3.05) is 13.7 Å². The molecule has 7 heteroatoms. The fraction of sp³-hybridized carbons (Fsp3) is 0.625. The highest BCUT2D eigenvalue weighted by atomic mass is 35.5. The molecule has 2 rings (SSSR count). The van der Waals surface area contributed by atoms with Crippen LogP contribution in [0.3, 0.4) is 0 Å². The molecule has 0 bridgehead atoms. The largest absolute Gasteiger partial charge is 0.496 e. The number of aryl methyl sites for hydroxylation is 2. The molecular formula is C16H27ClN2O3S. The second-order valence-electron chi connectivity index (χ2n) is 6.10. The van der Waals surface area contributed by atoms with Gasteiger partial charge in [-0.25, -0.2) is 13.1 Å². The van der Waals surface area contributed by atoms with Gasteiger partial charge in [0, 0.05) is 6.04 Å². The maximum atomic E-state index is 12.7. The van der Waals surface area contributed by atoms with Crippen LogP contribution in [-0.2, 0) is 10.0 Å². The molecule has 0 aliphatic heterocycles. The zero-order valence-corrected chi connectivity index (χ0v) is 15.6. The van der Waals surface area contributed by atoms with Crippen molar-refractivity contribution >= 4 is 22.4 Å². The second kappa shape index (κ2) is 8.33. The third kappa shape index (κ3) is 4.59. The molecule has 1 fully saturated rings. The van der Waals surface area contributed by atoms with Crippen molar-refractivity contribution in [3.8, 4) is 5.75 Å². The molecule has 5 nitrogen and oxygen atoms in total. The molecule has 1 saturated carbocycles. The molecule has 132 valence electrons. The van der Waals surface area contributed by atoms with Crippen LogP contribution < -0.4 is 15.2 Å². The predicted octanol–water partition coefficient (Wildman–Crippen LogP) is 2.53. The fourth-order valence-electron chi connectivity index (χ4n) is 3.30. The molecule has 0 aromatic heterocycles. The Morgan fingerprint density at radius 2 is 1.78 bits per heavy atom. The third-order valence-electron chi connectivity index (χ3n) is 4.47. The lowest BCUT2D eigenvalue weighted by atomic mass is 9.85. The monoisotopic (exact) mass is 362 g/mol. The van der Waals surface area contributed by atoms with E-state index in [1.807, 2.05) is 13.8 Å². The number of methoxy groups -OCH3 is 1. The molecule has 1 aliphatic carbocycles. The number of nitrogens with one attached hydrogen (secondary N) is 1. The van der Waals surface area contributed by atoms with Crippen LogP contribution in [0.1, 0.15) is 36.8 Å². The summed E-state index contributed by atoms with van der Waals surface area (Å²) in [6.45, 7) is 4.23. The number of hydrogen-bond donors (Lipinski definition) is 2. The molecule has 0 spiro atoms. The molecule has 1 aliphatic rings. The van der Waals surface area contributed by atoms with Crippen molar-refractivity contribution in [3.63, 3.8) is 0 Å². The first-order chi connectivity index (χ1) is 10.4. The van der Waals surface area contributed by atoms with Gasteiger partial charge in [-0.1, -0.05) is 12.8 Å². The summed E-state index contributed by atoms with van der Waals surface area (Å²) < 4.78 is 33.5. The lowest BCUT2D eigenvalue weighted by Gasteiger charge is -2.31. The summed E-state index contributed by atoms with van der Waals surface area (Å²) in [6.07, 6.45) is 4.02. The van der Waals surface area contributed by atoms with Crippen molar-refractivity contribution in [2.45, 2.75) is 50.5 Å². The number of halogens is 1. The van der Waals surface area contributed by atoms with E-state index >= 15 is 0 Å². The van der Waals surface area contributed by atoms with Crippen LogP contribution in [0.4, 0.5) is 0 Å². The number of sulfonamides is 1. The van der Waals surface area contributed by atoms with Crippen LogP contribution in [0.5, 0.6) is 5.75 Å². The van der Waals surface area contributed by atoms with Gasteiger partial charge in [-0.2, -0.15) is 0 Å². The van der Waals surface area contributed by atoms with Gasteiger partial charge >= 0.3 is 0 Å². The van der Waals surface area contributed by atoms with Gasteiger partial charge in [-0.05, 0) is 62.4 Å². The molecule has 0 amide bonds. The third-order valence-corrected chi connectivity index (χ3v) is 5.94. The summed E-state index contributed by atoms with van der Waals surface area (Å²) in [4.78, 5) is 0.296. The topological polar surface area (TPSA) is 81.4 Å². The molecule has 1 aromatic rings. The normalized spacial score (nSPS) is 21.6. The van der Waals surface area contributed by atoms with Gasteiger partial charge in [0.05, 0.1) is 12.0 Å². The SMILES string of the molecule is COc1c(C)cc(S(=O)(=O)NC2CCCCC2CN)cc1C.Cl. The van der Waals surface area contributed by atoms with E-state index < -0.39 is 10.0 Å². The van der Waals surface area contributed by atoms with E-state index in [1.165, 1.54) is 0 Å². The van der Waals surface area contributed by atoms with Crippen LogP contribution in [0.25, 0.3) is 0 Å². The minimum atomic E-state index is -3.53. The van der Waals surface area contributed by atoms with Crippen LogP contribution in [0.15, 0.2) is 17.0 Å². The maximum absolute atomic E-state index is 12.7. The number of benzene rings is 1. The first kappa shape index (κ1) is 20.2. The van der Waals surface area contributed by atoms with Gasteiger partial charge in [0.15, 0.2) is 0 Å². The lowest BCUT2D eigenvalue weighted by Crippen LogP contribution is -2.44. The Morgan fingerprint density at radius 1 is 1.22 bits per heavy atom. The average Bonchev–Trinajstić information content (AvgIpc) is 2.47. The molecule has 2 unspecified atom stereocenters. The van der Waals surface area contributed by atoms with Gasteiger partial charge in [0.2, 0.25) is 10.0 Å². The van der Waals surface area contributed by atoms with E-state index in [2.05, 4.69) is 4.72 Å². The van der Waals surface area contributed by atoms with E-state index in [0.717, 1.165) is 42.6 Å². The highest BCUT2D eigenvalue weighted by molar-refractivity contribution is 7.89. The van der Waals surface area contributed by atoms with E-state index in [-0.39, 0.29) is 24.4 Å². The molecule has 1 aromatic carbocycles. The number of nitrogens with two attached hydrogens (primary N) is 1. The van der Waals surface area contributed by atoms with Crippen molar-refractivity contribution < 1.29 is 13.2 Å². The van der Waals surface area contributed by atoms with Gasteiger partial charge in [-0.15, -0.1) is 12.4 Å². The Bertz CT molecular complexity index is 611. The molecule has 0 saturated heterocycles. The fourth-order valence-corrected chi connectivity index (χ4v) is 4.81. The van der Waals surface area contributed by atoms with Crippen LogP contribution in [0.2, 0.25) is 0 Å². The standard InChI is InChI=1S/C16H26N2O3S.ClH/c1-11-8-14(9-12(2)16(11)21-3)22(19,20)18-15-7-5-4-6-13(15)10-17;/h8-9,13,15,18H,4-7,10,17H2,1-3H3;1H. The Hall–Kier alpha value is -0.820. The summed E-state index contributed by atoms with van der Waals surface area (Å²) >= 11 is 0. The summed E-state index contributed by atoms with van der Waals surface area (Å²) in [5.74, 6) is 0.959. The highest BCUT2D eigenvalue weighted by Crippen LogP contribution is 2.28. The number of hydrogen-bond acceptors (Lipinski definition) is 4. The lowest BCUT2D eigenvalue weighted by molar-refractivity contribution is 0.296. The van der Waals surface area contributed by atoms with E-state index in [4.69, 9.17) is 10.5 Å². The minimum Gasteiger partial charge on any atom is -0.496 e. The summed E-state index contributed by atoms with van der Waals surface area (Å²) in [7, 11) is -1.94.